The zero-order valence-corrected chi connectivity index (χ0v) is 13.8. The molecule has 6 heteroatoms. The summed E-state index contributed by atoms with van der Waals surface area (Å²) in [7, 11) is 1.58. The van der Waals surface area contributed by atoms with Gasteiger partial charge in [0, 0.05) is 18.3 Å². The Morgan fingerprint density at radius 2 is 1.54 bits per heavy atom. The predicted molar refractivity (Wildman–Crippen MR) is 92.5 cm³/mol. The van der Waals surface area contributed by atoms with E-state index in [1.165, 1.54) is 6.92 Å². The number of benzene rings is 2. The number of amides is 2. The molecule has 2 rings (SSSR count). The summed E-state index contributed by atoms with van der Waals surface area (Å²) in [4.78, 5) is 23.3. The molecule has 0 fully saturated rings. The molecule has 2 N–H and O–H groups in total. The minimum Gasteiger partial charge on any atom is -0.497 e. The van der Waals surface area contributed by atoms with Gasteiger partial charge in [0.15, 0.2) is 6.10 Å². The van der Waals surface area contributed by atoms with Crippen LogP contribution in [0, 0.1) is 0 Å². The highest BCUT2D eigenvalue weighted by atomic mass is 16.5. The minimum atomic E-state index is -0.678. The summed E-state index contributed by atoms with van der Waals surface area (Å²) in [5.41, 5.74) is 1.19. The Labute approximate surface area is 140 Å². The topological polar surface area (TPSA) is 76.7 Å². The molecule has 0 unspecified atom stereocenters. The van der Waals surface area contributed by atoms with Crippen LogP contribution in [0.5, 0.6) is 11.5 Å². The Morgan fingerprint density at radius 1 is 0.958 bits per heavy atom. The number of methoxy groups -OCH3 is 1. The molecule has 0 bridgehead atoms. The lowest BCUT2D eigenvalue weighted by Gasteiger charge is -2.15. The molecule has 2 aromatic rings. The molecule has 0 aliphatic rings. The number of anilines is 2. The maximum atomic E-state index is 12.2. The largest absolute Gasteiger partial charge is 0.497 e. The maximum absolute atomic E-state index is 12.2. The molecule has 1 atom stereocenters. The Balaban J connectivity index is 1.96. The van der Waals surface area contributed by atoms with E-state index < -0.39 is 6.10 Å². The zero-order valence-electron chi connectivity index (χ0n) is 13.8. The van der Waals surface area contributed by atoms with Gasteiger partial charge in [0.2, 0.25) is 5.91 Å². The SMILES string of the molecule is COc1ccc(O[C@@H](C)C(=O)Nc2cccc(NC(C)=O)c2)cc1. The zero-order chi connectivity index (χ0) is 17.5. The van der Waals surface area contributed by atoms with Crippen molar-refractivity contribution in [2.75, 3.05) is 17.7 Å². The van der Waals surface area contributed by atoms with E-state index in [0.29, 0.717) is 22.9 Å². The summed E-state index contributed by atoms with van der Waals surface area (Å²) in [6, 6.07) is 13.9. The van der Waals surface area contributed by atoms with Gasteiger partial charge in [-0.15, -0.1) is 0 Å². The molecule has 0 spiro atoms. The number of hydrogen-bond acceptors (Lipinski definition) is 4. The number of nitrogens with one attached hydrogen (secondary N) is 2. The fraction of sp³-hybridized carbons (Fsp3) is 0.222. The highest BCUT2D eigenvalue weighted by Gasteiger charge is 2.15. The molecule has 0 heterocycles. The van der Waals surface area contributed by atoms with Gasteiger partial charge in [0.25, 0.3) is 5.91 Å². The van der Waals surface area contributed by atoms with Crippen molar-refractivity contribution in [1.29, 1.82) is 0 Å². The van der Waals surface area contributed by atoms with E-state index in [0.717, 1.165) is 0 Å². The molecular formula is C18H20N2O4. The number of rotatable bonds is 6. The lowest BCUT2D eigenvalue weighted by molar-refractivity contribution is -0.122. The van der Waals surface area contributed by atoms with Crippen molar-refractivity contribution in [3.63, 3.8) is 0 Å². The summed E-state index contributed by atoms with van der Waals surface area (Å²) in [5.74, 6) is 0.833. The molecule has 0 aromatic heterocycles. The Hall–Kier alpha value is -3.02. The minimum absolute atomic E-state index is 0.172. The Morgan fingerprint density at radius 3 is 2.12 bits per heavy atom. The van der Waals surface area contributed by atoms with Crippen molar-refractivity contribution in [1.82, 2.24) is 0 Å². The van der Waals surface area contributed by atoms with E-state index in [9.17, 15) is 9.59 Å². The monoisotopic (exact) mass is 328 g/mol. The van der Waals surface area contributed by atoms with E-state index in [4.69, 9.17) is 9.47 Å². The van der Waals surface area contributed by atoms with Crippen LogP contribution in [-0.2, 0) is 9.59 Å². The van der Waals surface area contributed by atoms with Gasteiger partial charge in [-0.1, -0.05) is 6.07 Å². The molecule has 6 nitrogen and oxygen atoms in total. The highest BCUT2D eigenvalue weighted by Crippen LogP contribution is 2.19. The Kier molecular flexibility index (Phi) is 5.78. The van der Waals surface area contributed by atoms with Crippen LogP contribution < -0.4 is 20.1 Å². The molecule has 2 aromatic carbocycles. The summed E-state index contributed by atoms with van der Waals surface area (Å²) in [6.45, 7) is 3.09. The third-order valence-electron chi connectivity index (χ3n) is 3.19. The summed E-state index contributed by atoms with van der Waals surface area (Å²) < 4.78 is 10.7. The average molecular weight is 328 g/mol. The second kappa shape index (κ2) is 8.01. The van der Waals surface area contributed by atoms with Crippen LogP contribution >= 0.6 is 0 Å². The normalized spacial score (nSPS) is 11.3. The van der Waals surface area contributed by atoms with Crippen LogP contribution in [0.4, 0.5) is 11.4 Å². The molecule has 0 saturated heterocycles. The van der Waals surface area contributed by atoms with E-state index >= 15 is 0 Å². The quantitative estimate of drug-likeness (QED) is 0.854. The van der Waals surface area contributed by atoms with Gasteiger partial charge >= 0.3 is 0 Å². The standard InChI is InChI=1S/C18H20N2O4/c1-12(24-17-9-7-16(23-3)8-10-17)18(22)20-15-6-4-5-14(11-15)19-13(2)21/h4-12H,1-3H3,(H,19,21)(H,20,22)/t12-/m0/s1. The van der Waals surface area contributed by atoms with Gasteiger partial charge < -0.3 is 20.1 Å². The molecule has 0 aliphatic carbocycles. The van der Waals surface area contributed by atoms with Gasteiger partial charge in [0.05, 0.1) is 7.11 Å². The molecule has 2 amide bonds. The van der Waals surface area contributed by atoms with Crippen molar-refractivity contribution in [2.45, 2.75) is 20.0 Å². The van der Waals surface area contributed by atoms with Gasteiger partial charge in [-0.2, -0.15) is 0 Å². The molecule has 0 radical (unpaired) electrons. The van der Waals surface area contributed by atoms with Crippen LogP contribution in [0.15, 0.2) is 48.5 Å². The molecule has 24 heavy (non-hydrogen) atoms. The summed E-state index contributed by atoms with van der Waals surface area (Å²) >= 11 is 0. The molecule has 126 valence electrons. The van der Waals surface area contributed by atoms with Crippen LogP contribution in [0.25, 0.3) is 0 Å². The van der Waals surface area contributed by atoms with Crippen molar-refractivity contribution in [2.24, 2.45) is 0 Å². The van der Waals surface area contributed by atoms with Crippen molar-refractivity contribution in [3.05, 3.63) is 48.5 Å². The second-order valence-corrected chi connectivity index (χ2v) is 5.19. The lowest BCUT2D eigenvalue weighted by Crippen LogP contribution is -2.30. The fourth-order valence-corrected chi connectivity index (χ4v) is 2.03. The maximum Gasteiger partial charge on any atom is 0.265 e. The second-order valence-electron chi connectivity index (χ2n) is 5.19. The highest BCUT2D eigenvalue weighted by molar-refractivity contribution is 5.95. The van der Waals surface area contributed by atoms with Gasteiger partial charge in [-0.25, -0.2) is 0 Å². The number of hydrogen-bond donors (Lipinski definition) is 2. The number of carbonyl (C=O) groups is 2. The average Bonchev–Trinajstić information content (AvgIpc) is 2.55. The van der Waals surface area contributed by atoms with Crippen molar-refractivity contribution >= 4 is 23.2 Å². The smallest absolute Gasteiger partial charge is 0.265 e. The number of carbonyl (C=O) groups excluding carboxylic acids is 2. The molecular weight excluding hydrogens is 308 g/mol. The first-order valence-electron chi connectivity index (χ1n) is 7.47. The fourth-order valence-electron chi connectivity index (χ4n) is 2.03. The van der Waals surface area contributed by atoms with E-state index in [1.807, 2.05) is 0 Å². The van der Waals surface area contributed by atoms with Crippen LogP contribution in [0.2, 0.25) is 0 Å². The third-order valence-corrected chi connectivity index (χ3v) is 3.19. The van der Waals surface area contributed by atoms with E-state index in [2.05, 4.69) is 10.6 Å². The lowest BCUT2D eigenvalue weighted by atomic mass is 10.2. The first-order valence-corrected chi connectivity index (χ1v) is 7.47. The van der Waals surface area contributed by atoms with Crippen LogP contribution in [0.3, 0.4) is 0 Å². The summed E-state index contributed by atoms with van der Waals surface area (Å²) in [5, 5.41) is 5.42. The summed E-state index contributed by atoms with van der Waals surface area (Å²) in [6.07, 6.45) is -0.678. The van der Waals surface area contributed by atoms with Crippen molar-refractivity contribution in [3.8, 4) is 11.5 Å². The molecule has 0 aliphatic heterocycles. The van der Waals surface area contributed by atoms with Gasteiger partial charge in [-0.3, -0.25) is 9.59 Å². The van der Waals surface area contributed by atoms with Crippen LogP contribution in [-0.4, -0.2) is 25.0 Å². The Bertz CT molecular complexity index is 713. The van der Waals surface area contributed by atoms with Gasteiger partial charge in [0.1, 0.15) is 11.5 Å². The van der Waals surface area contributed by atoms with Crippen molar-refractivity contribution < 1.29 is 19.1 Å². The van der Waals surface area contributed by atoms with Crippen LogP contribution in [0.1, 0.15) is 13.8 Å². The predicted octanol–water partition coefficient (Wildman–Crippen LogP) is 3.06. The van der Waals surface area contributed by atoms with E-state index in [1.54, 1.807) is 62.6 Å². The number of ether oxygens (including phenoxy) is 2. The van der Waals surface area contributed by atoms with Gasteiger partial charge in [-0.05, 0) is 49.4 Å². The third kappa shape index (κ3) is 5.01. The molecule has 0 saturated carbocycles. The van der Waals surface area contributed by atoms with E-state index in [-0.39, 0.29) is 11.8 Å². The first-order chi connectivity index (χ1) is 11.5. The first kappa shape index (κ1) is 17.3.